The molecular weight excluding hydrogens is 304 g/mol. The molecule has 5 nitrogen and oxygen atoms in total. The Labute approximate surface area is 145 Å². The second kappa shape index (κ2) is 8.92. The lowest BCUT2D eigenvalue weighted by Gasteiger charge is -2.32. The molecule has 0 radical (unpaired) electrons. The van der Waals surface area contributed by atoms with Gasteiger partial charge in [-0.15, -0.1) is 0 Å². The first-order chi connectivity index (χ1) is 11.4. The minimum Gasteiger partial charge on any atom is -0.490 e. The number of alkyl carbamates (subject to hydrolysis) is 1. The Kier molecular flexibility index (Phi) is 6.91. The summed E-state index contributed by atoms with van der Waals surface area (Å²) >= 11 is 0. The molecule has 0 spiro atoms. The monoisotopic (exact) mass is 334 g/mol. The molecule has 1 N–H and O–H groups in total. The third kappa shape index (κ3) is 7.21. The number of nitrogens with one attached hydrogen (secondary N) is 1. The van der Waals surface area contributed by atoms with Gasteiger partial charge < -0.3 is 19.7 Å². The summed E-state index contributed by atoms with van der Waals surface area (Å²) in [7, 11) is 0. The molecule has 134 valence electrons. The first-order valence-corrected chi connectivity index (χ1v) is 8.83. The van der Waals surface area contributed by atoms with Gasteiger partial charge in [-0.3, -0.25) is 0 Å². The topological polar surface area (TPSA) is 50.8 Å². The molecule has 2 rings (SSSR count). The minimum atomic E-state index is -0.440. The maximum atomic E-state index is 11.6. The number of amides is 1. The maximum Gasteiger partial charge on any atom is 0.407 e. The maximum absolute atomic E-state index is 11.6. The highest BCUT2D eigenvalue weighted by Crippen LogP contribution is 2.18. The Morgan fingerprint density at radius 1 is 1.21 bits per heavy atom. The lowest BCUT2D eigenvalue weighted by molar-refractivity contribution is 0.0523. The van der Waals surface area contributed by atoms with Gasteiger partial charge in [0.25, 0.3) is 0 Å². The van der Waals surface area contributed by atoms with Crippen LogP contribution in [0.1, 0.15) is 40.0 Å². The van der Waals surface area contributed by atoms with E-state index in [0.717, 1.165) is 44.6 Å². The van der Waals surface area contributed by atoms with Gasteiger partial charge in [-0.25, -0.2) is 4.79 Å². The van der Waals surface area contributed by atoms with Crippen LogP contribution in [0.4, 0.5) is 4.79 Å². The molecule has 0 unspecified atom stereocenters. The van der Waals surface area contributed by atoms with Crippen molar-refractivity contribution >= 4 is 6.09 Å². The average Bonchev–Trinajstić information content (AvgIpc) is 2.52. The van der Waals surface area contributed by atoms with Crippen LogP contribution in [-0.2, 0) is 4.74 Å². The van der Waals surface area contributed by atoms with Gasteiger partial charge >= 0.3 is 6.09 Å². The summed E-state index contributed by atoms with van der Waals surface area (Å²) in [5.74, 6) is 0.956. The van der Waals surface area contributed by atoms with E-state index in [1.807, 2.05) is 51.1 Å². The zero-order valence-corrected chi connectivity index (χ0v) is 15.1. The van der Waals surface area contributed by atoms with Crippen LogP contribution in [-0.4, -0.2) is 48.9 Å². The highest BCUT2D eigenvalue weighted by Gasteiger charge is 2.20. The van der Waals surface area contributed by atoms with Crippen LogP contribution in [0.25, 0.3) is 0 Å². The molecule has 1 heterocycles. The predicted molar refractivity (Wildman–Crippen MR) is 95.4 cm³/mol. The molecular formula is C19H30N2O3. The van der Waals surface area contributed by atoms with Crippen LogP contribution in [0.2, 0.25) is 0 Å². The Morgan fingerprint density at radius 2 is 1.88 bits per heavy atom. The summed E-state index contributed by atoms with van der Waals surface area (Å²) in [6.07, 6.45) is 3.01. The molecule has 0 bridgehead atoms. The molecule has 1 aromatic carbocycles. The fraction of sp³-hybridized carbons (Fsp3) is 0.632. The summed E-state index contributed by atoms with van der Waals surface area (Å²) in [4.78, 5) is 14.0. The molecule has 1 fully saturated rings. The van der Waals surface area contributed by atoms with Crippen molar-refractivity contribution in [3.05, 3.63) is 30.3 Å². The summed E-state index contributed by atoms with van der Waals surface area (Å²) in [6.45, 7) is 9.34. The van der Waals surface area contributed by atoms with Crippen molar-refractivity contribution in [2.45, 2.75) is 51.7 Å². The summed E-state index contributed by atoms with van der Waals surface area (Å²) < 4.78 is 11.2. The number of piperidine rings is 1. The molecule has 24 heavy (non-hydrogen) atoms. The van der Waals surface area contributed by atoms with Crippen molar-refractivity contribution in [2.24, 2.45) is 0 Å². The van der Waals surface area contributed by atoms with Gasteiger partial charge in [0.2, 0.25) is 0 Å². The third-order valence-electron chi connectivity index (χ3n) is 3.90. The van der Waals surface area contributed by atoms with E-state index in [1.54, 1.807) is 0 Å². The van der Waals surface area contributed by atoms with Gasteiger partial charge in [0.1, 0.15) is 17.5 Å². The van der Waals surface area contributed by atoms with E-state index in [0.29, 0.717) is 12.6 Å². The zero-order chi connectivity index (χ0) is 17.4. The third-order valence-corrected chi connectivity index (χ3v) is 3.90. The Balaban J connectivity index is 1.56. The van der Waals surface area contributed by atoms with Crippen molar-refractivity contribution in [3.63, 3.8) is 0 Å². The SMILES string of the molecule is CC(C)(C)OC(=O)NCCCN1CCC(Oc2ccccc2)CC1. The van der Waals surface area contributed by atoms with Gasteiger partial charge in [0.05, 0.1) is 0 Å². The number of carbonyl (C=O) groups excluding carboxylic acids is 1. The van der Waals surface area contributed by atoms with E-state index in [2.05, 4.69) is 10.2 Å². The number of carbonyl (C=O) groups is 1. The summed E-state index contributed by atoms with van der Waals surface area (Å²) in [5, 5.41) is 2.81. The normalized spacial score (nSPS) is 16.6. The van der Waals surface area contributed by atoms with Crippen LogP contribution in [0.5, 0.6) is 5.75 Å². The van der Waals surface area contributed by atoms with Gasteiger partial charge in [-0.05, 0) is 58.7 Å². The van der Waals surface area contributed by atoms with Gasteiger partial charge in [-0.2, -0.15) is 0 Å². The van der Waals surface area contributed by atoms with Crippen LogP contribution in [0.3, 0.4) is 0 Å². The number of ether oxygens (including phenoxy) is 2. The lowest BCUT2D eigenvalue weighted by atomic mass is 10.1. The molecule has 5 heteroatoms. The van der Waals surface area contributed by atoms with Crippen molar-refractivity contribution in [2.75, 3.05) is 26.2 Å². The Morgan fingerprint density at radius 3 is 2.50 bits per heavy atom. The number of rotatable bonds is 6. The van der Waals surface area contributed by atoms with Crippen LogP contribution >= 0.6 is 0 Å². The Bertz CT molecular complexity index is 491. The molecule has 1 aliphatic heterocycles. The minimum absolute atomic E-state index is 0.309. The van der Waals surface area contributed by atoms with Crippen molar-refractivity contribution < 1.29 is 14.3 Å². The van der Waals surface area contributed by atoms with E-state index >= 15 is 0 Å². The van der Waals surface area contributed by atoms with Crippen molar-refractivity contribution in [3.8, 4) is 5.75 Å². The van der Waals surface area contributed by atoms with Crippen LogP contribution in [0.15, 0.2) is 30.3 Å². The number of benzene rings is 1. The molecule has 1 amide bonds. The number of hydrogen-bond donors (Lipinski definition) is 1. The van der Waals surface area contributed by atoms with Crippen molar-refractivity contribution in [1.29, 1.82) is 0 Å². The molecule has 1 aromatic rings. The fourth-order valence-electron chi connectivity index (χ4n) is 2.75. The zero-order valence-electron chi connectivity index (χ0n) is 15.1. The van der Waals surface area contributed by atoms with Crippen LogP contribution < -0.4 is 10.1 Å². The molecule has 0 aromatic heterocycles. The fourth-order valence-corrected chi connectivity index (χ4v) is 2.75. The van der Waals surface area contributed by atoms with E-state index in [-0.39, 0.29) is 6.09 Å². The smallest absolute Gasteiger partial charge is 0.407 e. The standard InChI is InChI=1S/C19H30N2O3/c1-19(2,3)24-18(22)20-12-7-13-21-14-10-17(11-15-21)23-16-8-5-4-6-9-16/h4-6,8-9,17H,7,10-15H2,1-3H3,(H,20,22). The van der Waals surface area contributed by atoms with E-state index in [4.69, 9.17) is 9.47 Å². The highest BCUT2D eigenvalue weighted by atomic mass is 16.6. The molecule has 0 saturated carbocycles. The number of nitrogens with zero attached hydrogens (tertiary/aromatic N) is 1. The number of hydrogen-bond acceptors (Lipinski definition) is 4. The van der Waals surface area contributed by atoms with Gasteiger partial charge in [-0.1, -0.05) is 18.2 Å². The molecule has 0 aliphatic carbocycles. The summed E-state index contributed by atoms with van der Waals surface area (Å²) in [5.41, 5.74) is -0.440. The number of likely N-dealkylation sites (tertiary alicyclic amines) is 1. The second-order valence-electron chi connectivity index (χ2n) is 7.25. The van der Waals surface area contributed by atoms with Gasteiger partial charge in [0, 0.05) is 19.6 Å². The highest BCUT2D eigenvalue weighted by molar-refractivity contribution is 5.67. The molecule has 1 saturated heterocycles. The number of para-hydroxylation sites is 1. The molecule has 0 atom stereocenters. The second-order valence-corrected chi connectivity index (χ2v) is 7.25. The lowest BCUT2D eigenvalue weighted by Crippen LogP contribution is -2.40. The first kappa shape index (κ1) is 18.6. The van der Waals surface area contributed by atoms with E-state index in [9.17, 15) is 4.79 Å². The Hall–Kier alpha value is -1.75. The first-order valence-electron chi connectivity index (χ1n) is 8.83. The molecule has 1 aliphatic rings. The van der Waals surface area contributed by atoms with Crippen molar-refractivity contribution in [1.82, 2.24) is 10.2 Å². The summed E-state index contributed by atoms with van der Waals surface area (Å²) in [6, 6.07) is 10.0. The van der Waals surface area contributed by atoms with Gasteiger partial charge in [0.15, 0.2) is 0 Å². The van der Waals surface area contributed by atoms with E-state index in [1.165, 1.54) is 0 Å². The van der Waals surface area contributed by atoms with Crippen LogP contribution in [0, 0.1) is 0 Å². The largest absolute Gasteiger partial charge is 0.490 e. The quantitative estimate of drug-likeness (QED) is 0.810. The average molecular weight is 334 g/mol. The predicted octanol–water partition coefficient (Wildman–Crippen LogP) is 3.44. The van der Waals surface area contributed by atoms with E-state index < -0.39 is 5.60 Å².